The summed E-state index contributed by atoms with van der Waals surface area (Å²) in [5.41, 5.74) is 7.37. The number of amides is 2. The summed E-state index contributed by atoms with van der Waals surface area (Å²) in [5.74, 6) is -2.11. The Balaban J connectivity index is 0.000000904. The Labute approximate surface area is 386 Å². The highest BCUT2D eigenvalue weighted by molar-refractivity contribution is 5.95. The van der Waals surface area contributed by atoms with Gasteiger partial charge in [-0.15, -0.1) is 0 Å². The summed E-state index contributed by atoms with van der Waals surface area (Å²) in [6.07, 6.45) is 12.5. The molecule has 0 aliphatic heterocycles. The average Bonchev–Trinajstić information content (AvgIpc) is 3.17. The number of allylic oxidation sites excluding steroid dienone is 6. The Morgan fingerprint density at radius 1 is 0.682 bits per heavy atom. The second-order valence-electron chi connectivity index (χ2n) is 17.1. The molecular formula is C48H69F3N3O12-. The van der Waals surface area contributed by atoms with Gasteiger partial charge in [-0.3, -0.25) is 14.4 Å². The molecule has 3 aliphatic rings. The van der Waals surface area contributed by atoms with Crippen molar-refractivity contribution in [2.45, 2.75) is 156 Å². The number of alkyl carbamates (subject to hydrolysis) is 2. The second kappa shape index (κ2) is 29.6. The fourth-order valence-corrected chi connectivity index (χ4v) is 5.91. The van der Waals surface area contributed by atoms with E-state index in [-0.39, 0.29) is 54.1 Å². The van der Waals surface area contributed by atoms with Crippen LogP contribution < -0.4 is 21.5 Å². The first kappa shape index (κ1) is 60.1. The number of carboxylic acid groups (broad SMARTS) is 1. The van der Waals surface area contributed by atoms with E-state index in [1.807, 2.05) is 46.8 Å². The number of alkyl halides is 3. The molecule has 0 heterocycles. The van der Waals surface area contributed by atoms with Crippen molar-refractivity contribution in [1.29, 1.82) is 0 Å². The third-order valence-electron chi connectivity index (χ3n) is 8.51. The van der Waals surface area contributed by atoms with Gasteiger partial charge in [0.1, 0.15) is 47.7 Å². The Hall–Kier alpha value is -5.91. The van der Waals surface area contributed by atoms with Gasteiger partial charge >= 0.3 is 18.4 Å². The Morgan fingerprint density at radius 3 is 1.36 bits per heavy atom. The fraction of sp³-hybridized carbons (Fsp3) is 0.542. The Kier molecular flexibility index (Phi) is 26.9. The highest BCUT2D eigenvalue weighted by Crippen LogP contribution is 2.24. The monoisotopic (exact) mass is 936 g/mol. The lowest BCUT2D eigenvalue weighted by molar-refractivity contribution is -0.344. The van der Waals surface area contributed by atoms with Gasteiger partial charge in [0.2, 0.25) is 0 Å². The number of hydrogen-bond donors (Lipinski definition) is 4. The van der Waals surface area contributed by atoms with Crippen LogP contribution in [0.25, 0.3) is 0 Å². The van der Waals surface area contributed by atoms with Gasteiger partial charge in [0.25, 0.3) is 0 Å². The average molecular weight is 937 g/mol. The first-order valence-corrected chi connectivity index (χ1v) is 21.6. The summed E-state index contributed by atoms with van der Waals surface area (Å²) in [4.78, 5) is 67.5. The van der Waals surface area contributed by atoms with Crippen LogP contribution in [0.1, 0.15) is 120 Å². The summed E-state index contributed by atoms with van der Waals surface area (Å²) < 4.78 is 52.9. The molecule has 0 unspecified atom stereocenters. The topological polar surface area (TPSA) is 233 Å². The molecular weight excluding hydrogens is 868 g/mol. The van der Waals surface area contributed by atoms with E-state index >= 15 is 0 Å². The first-order chi connectivity index (χ1) is 30.6. The fourth-order valence-electron chi connectivity index (χ4n) is 5.91. The molecule has 0 fully saturated rings. The number of carboxylic acids is 1. The molecule has 18 heteroatoms. The van der Waals surface area contributed by atoms with E-state index in [2.05, 4.69) is 30.7 Å². The summed E-state index contributed by atoms with van der Waals surface area (Å²) in [7, 11) is 0. The smallest absolute Gasteiger partial charge is 0.430 e. The third-order valence-corrected chi connectivity index (χ3v) is 8.51. The number of hydrogen-bond acceptors (Lipinski definition) is 13. The zero-order valence-corrected chi connectivity index (χ0v) is 39.7. The zero-order valence-electron chi connectivity index (χ0n) is 39.7. The molecule has 0 saturated heterocycles. The molecule has 0 saturated carbocycles. The molecule has 370 valence electrons. The summed E-state index contributed by atoms with van der Waals surface area (Å²) in [5, 5.41) is 23.9. The van der Waals surface area contributed by atoms with Crippen molar-refractivity contribution >= 4 is 35.5 Å². The van der Waals surface area contributed by atoms with Crippen LogP contribution in [0, 0.1) is 0 Å². The van der Waals surface area contributed by atoms with E-state index in [0.29, 0.717) is 43.1 Å². The van der Waals surface area contributed by atoms with Crippen molar-refractivity contribution in [3.63, 3.8) is 0 Å². The maximum Gasteiger partial charge on any atom is 0.430 e. The number of halogens is 3. The number of nitrogens with two attached hydrogens (primary N) is 1. The molecule has 2 amide bonds. The normalized spacial score (nSPS) is 16.2. The quantitative estimate of drug-likeness (QED) is 0.101. The van der Waals surface area contributed by atoms with Gasteiger partial charge in [-0.25, -0.2) is 9.59 Å². The second-order valence-corrected chi connectivity index (χ2v) is 17.1. The molecule has 0 aromatic rings. The van der Waals surface area contributed by atoms with Crippen LogP contribution >= 0.6 is 0 Å². The van der Waals surface area contributed by atoms with Gasteiger partial charge in [0, 0.05) is 43.5 Å². The molecule has 0 radical (unpaired) electrons. The number of ketones is 3. The van der Waals surface area contributed by atoms with Crippen molar-refractivity contribution in [3.8, 4) is 0 Å². The molecule has 15 nitrogen and oxygen atoms in total. The SMILES string of the molecule is C=CCOC1=CC(=O)CC([C@@H](CCC)NC(=O)OC(C)(C)C)=C1.C=CCOC1=CC(=O)CC([C@H](N)CCC)=C1.CCC[C@@H](NC(=O)OC(C)(C)C)C1=CC(O)=CC(=O)C1.O=C([O-])C(F)(F)F. The lowest BCUT2D eigenvalue weighted by Gasteiger charge is -2.26. The standard InChI is InChI=1S/C18H27NO4.C15H23NO4.C13H19NO2.C2HF3O2/c1-6-8-16(19-17(21)23-18(3,4)5)13-10-14(20)12-15(11-13)22-9-7-2;1-5-6-13(16-14(19)20-15(2,3)4)10-7-11(17)9-12(18)8-10;1-3-5-13(14)10-7-11(15)9-12(8-10)16-6-4-2;3-2(4,5)1(6)7/h7,11-12,16H,2,6,8-10H2,1,3-5H3,(H,19,21);7,9,13,17H,5-6,8H2,1-4H3,(H,16,19);4,8-9,13H,2-3,5-7,14H2,1H3;(H,6,7)/p-1/t16-;2*13-;/m111./s1. The number of aliphatic hydroxyl groups is 1. The minimum atomic E-state index is -5.19. The molecule has 3 aliphatic carbocycles. The van der Waals surface area contributed by atoms with Crippen molar-refractivity contribution in [1.82, 2.24) is 10.6 Å². The van der Waals surface area contributed by atoms with Gasteiger partial charge in [-0.1, -0.05) is 65.3 Å². The van der Waals surface area contributed by atoms with E-state index < -0.39 is 35.5 Å². The number of aliphatic carboxylic acids is 1. The van der Waals surface area contributed by atoms with Gasteiger partial charge < -0.3 is 50.3 Å². The summed E-state index contributed by atoms with van der Waals surface area (Å²) in [6.45, 7) is 24.8. The molecule has 3 atom stereocenters. The summed E-state index contributed by atoms with van der Waals surface area (Å²) >= 11 is 0. The number of aliphatic hydroxyl groups excluding tert-OH is 1. The number of nitrogens with one attached hydrogen (secondary N) is 2. The molecule has 5 N–H and O–H groups in total. The Morgan fingerprint density at radius 2 is 1.03 bits per heavy atom. The van der Waals surface area contributed by atoms with E-state index in [1.54, 1.807) is 39.0 Å². The van der Waals surface area contributed by atoms with Crippen LogP contribution in [-0.4, -0.2) is 89.3 Å². The van der Waals surface area contributed by atoms with Gasteiger partial charge in [0.05, 0.1) is 12.1 Å². The van der Waals surface area contributed by atoms with Crippen LogP contribution in [0.4, 0.5) is 22.8 Å². The van der Waals surface area contributed by atoms with Gasteiger partial charge in [0.15, 0.2) is 17.3 Å². The molecule has 0 aromatic carbocycles. The highest BCUT2D eigenvalue weighted by Gasteiger charge is 2.29. The maximum absolute atomic E-state index is 12.0. The Bertz CT molecular complexity index is 1880. The van der Waals surface area contributed by atoms with E-state index in [9.17, 15) is 42.3 Å². The number of carbonyl (C=O) groups is 6. The molecule has 66 heavy (non-hydrogen) atoms. The lowest BCUT2D eigenvalue weighted by atomic mass is 9.93. The third kappa shape index (κ3) is 27.4. The minimum Gasteiger partial charge on any atom is -0.542 e. The maximum atomic E-state index is 12.0. The van der Waals surface area contributed by atoms with E-state index in [4.69, 9.17) is 34.6 Å². The number of rotatable bonds is 17. The molecule has 0 spiro atoms. The predicted molar refractivity (Wildman–Crippen MR) is 242 cm³/mol. The van der Waals surface area contributed by atoms with Crippen LogP contribution in [0.15, 0.2) is 95.8 Å². The lowest BCUT2D eigenvalue weighted by Crippen LogP contribution is -2.40. The molecule has 0 bridgehead atoms. The van der Waals surface area contributed by atoms with Crippen LogP contribution in [0.2, 0.25) is 0 Å². The zero-order chi connectivity index (χ0) is 50.8. The first-order valence-electron chi connectivity index (χ1n) is 21.6. The minimum absolute atomic E-state index is 0.0337. The molecule has 3 rings (SSSR count). The van der Waals surface area contributed by atoms with Crippen molar-refractivity contribution in [2.24, 2.45) is 5.73 Å². The van der Waals surface area contributed by atoms with Crippen LogP contribution in [0.5, 0.6) is 0 Å². The van der Waals surface area contributed by atoms with Crippen LogP contribution in [0.3, 0.4) is 0 Å². The van der Waals surface area contributed by atoms with E-state index in [1.165, 1.54) is 18.2 Å². The number of carbonyl (C=O) groups excluding carboxylic acids is 6. The predicted octanol–water partition coefficient (Wildman–Crippen LogP) is 8.08. The van der Waals surface area contributed by atoms with Crippen molar-refractivity contribution in [3.05, 3.63) is 95.8 Å². The van der Waals surface area contributed by atoms with E-state index in [0.717, 1.165) is 43.3 Å². The van der Waals surface area contributed by atoms with Gasteiger partial charge in [-0.2, -0.15) is 13.2 Å². The van der Waals surface area contributed by atoms with Crippen LogP contribution in [-0.2, 0) is 38.1 Å². The van der Waals surface area contributed by atoms with Gasteiger partial charge in [-0.05, 0) is 95.8 Å². The van der Waals surface area contributed by atoms with Crippen molar-refractivity contribution in [2.75, 3.05) is 13.2 Å². The summed E-state index contributed by atoms with van der Waals surface area (Å²) in [6, 6.07) is -0.575. The highest BCUT2D eigenvalue weighted by atomic mass is 19.4. The largest absolute Gasteiger partial charge is 0.542 e. The molecule has 0 aromatic heterocycles. The van der Waals surface area contributed by atoms with Crippen molar-refractivity contribution < 1.29 is 71.1 Å². The number of ether oxygens (including phenoxy) is 4.